The molecular formula is C46H66ClNO7. The first-order valence-corrected chi connectivity index (χ1v) is 21.3. The lowest BCUT2D eigenvalue weighted by molar-refractivity contribution is -0.206. The molecule has 4 fully saturated rings. The summed E-state index contributed by atoms with van der Waals surface area (Å²) in [7, 11) is 2.07. The molecule has 0 aliphatic heterocycles. The van der Waals surface area contributed by atoms with Gasteiger partial charge in [0, 0.05) is 42.3 Å². The van der Waals surface area contributed by atoms with E-state index in [1.807, 2.05) is 24.3 Å². The fourth-order valence-electron chi connectivity index (χ4n) is 13.2. The van der Waals surface area contributed by atoms with Gasteiger partial charge < -0.3 is 14.6 Å². The van der Waals surface area contributed by atoms with Crippen LogP contribution in [0.2, 0.25) is 5.02 Å². The second kappa shape index (κ2) is 14.9. The van der Waals surface area contributed by atoms with Crippen LogP contribution >= 0.6 is 11.6 Å². The number of carbonyl (C=O) groups excluding carboxylic acids is 3. The van der Waals surface area contributed by atoms with Gasteiger partial charge in [0.25, 0.3) is 0 Å². The highest BCUT2D eigenvalue weighted by molar-refractivity contribution is 6.30. The van der Waals surface area contributed by atoms with Crippen LogP contribution in [0.3, 0.4) is 0 Å². The van der Waals surface area contributed by atoms with Crippen LogP contribution in [0.5, 0.6) is 0 Å². The van der Waals surface area contributed by atoms with E-state index in [1.54, 1.807) is 13.8 Å². The number of aliphatic carboxylic acids is 1. The van der Waals surface area contributed by atoms with Gasteiger partial charge in [0.05, 0.1) is 11.8 Å². The lowest BCUT2D eigenvalue weighted by Crippen LogP contribution is -2.62. The molecule has 8 nitrogen and oxygen atoms in total. The average molecular weight is 780 g/mol. The second-order valence-electron chi connectivity index (χ2n) is 20.3. The van der Waals surface area contributed by atoms with Crippen molar-refractivity contribution in [2.45, 2.75) is 145 Å². The van der Waals surface area contributed by atoms with Gasteiger partial charge in [-0.1, -0.05) is 65.3 Å². The maximum Gasteiger partial charge on any atom is 0.309 e. The number of Topliss-reactive ketones (excluding diaryl/α,β-unsaturated/α-hetero) is 1. The summed E-state index contributed by atoms with van der Waals surface area (Å²) in [4.78, 5) is 54.2. The van der Waals surface area contributed by atoms with Crippen molar-refractivity contribution >= 4 is 35.3 Å². The molecule has 9 heteroatoms. The van der Waals surface area contributed by atoms with Gasteiger partial charge in [-0.15, -0.1) is 0 Å². The molecule has 304 valence electrons. The van der Waals surface area contributed by atoms with Gasteiger partial charge in [0.2, 0.25) is 0 Å². The number of carboxylic acid groups (broad SMARTS) is 1. The van der Waals surface area contributed by atoms with Crippen LogP contribution in [-0.2, 0) is 35.2 Å². The normalized spacial score (nSPS) is 34.7. The number of rotatable bonds is 11. The van der Waals surface area contributed by atoms with Crippen LogP contribution in [0.15, 0.2) is 35.4 Å². The Morgan fingerprint density at radius 1 is 0.945 bits per heavy atom. The summed E-state index contributed by atoms with van der Waals surface area (Å²) in [5.74, 6) is 0.203. The number of hydrogen-bond donors (Lipinski definition) is 1. The van der Waals surface area contributed by atoms with E-state index in [9.17, 15) is 24.3 Å². The van der Waals surface area contributed by atoms with Gasteiger partial charge >= 0.3 is 17.9 Å². The molecule has 4 saturated carbocycles. The first kappa shape index (κ1) is 41.9. The fourth-order valence-corrected chi connectivity index (χ4v) is 13.3. The summed E-state index contributed by atoms with van der Waals surface area (Å²) in [6.45, 7) is 19.7. The fraction of sp³-hybridized carbons (Fsp3) is 0.739. The number of halogens is 1. The molecule has 3 unspecified atom stereocenters. The monoisotopic (exact) mass is 779 g/mol. The van der Waals surface area contributed by atoms with E-state index in [4.69, 9.17) is 21.1 Å². The second-order valence-corrected chi connectivity index (χ2v) is 20.8. The minimum Gasteiger partial charge on any atom is -0.481 e. The van der Waals surface area contributed by atoms with E-state index in [0.29, 0.717) is 42.3 Å². The SMILES string of the molecule is CC(=O)O[C@H](CN(C)Cc1ccc(Cl)cc1)C12CC[C@]3(C)[C@H](CCC4[C@H]3CCC3C(C)(C)[C@@H](OC(=O)CC(C)(C)C(=O)O)CC[C@]43C)C1=C(C(C)C)C(=O)C2. The molecule has 0 saturated heterocycles. The summed E-state index contributed by atoms with van der Waals surface area (Å²) in [5.41, 5.74) is 1.56. The van der Waals surface area contributed by atoms with Crippen LogP contribution < -0.4 is 0 Å². The average Bonchev–Trinajstić information content (AvgIpc) is 3.39. The molecule has 0 amide bonds. The predicted molar refractivity (Wildman–Crippen MR) is 214 cm³/mol. The van der Waals surface area contributed by atoms with E-state index in [1.165, 1.54) is 12.5 Å². The van der Waals surface area contributed by atoms with Crippen molar-refractivity contribution in [2.24, 2.45) is 56.7 Å². The molecule has 1 aromatic carbocycles. The topological polar surface area (TPSA) is 110 Å². The van der Waals surface area contributed by atoms with Gasteiger partial charge in [-0.05, 0) is 142 Å². The van der Waals surface area contributed by atoms with Crippen molar-refractivity contribution in [3.8, 4) is 0 Å². The molecule has 0 heterocycles. The maximum atomic E-state index is 14.3. The Morgan fingerprint density at radius 3 is 2.20 bits per heavy atom. The summed E-state index contributed by atoms with van der Waals surface area (Å²) in [6.07, 6.45) is 7.37. The number of allylic oxidation sites excluding steroid dienone is 1. The first-order chi connectivity index (χ1) is 25.6. The first-order valence-electron chi connectivity index (χ1n) is 20.9. The number of likely N-dealkylation sites (N-methyl/N-ethyl adjacent to an activating group) is 1. The molecule has 0 aromatic heterocycles. The Labute approximate surface area is 334 Å². The van der Waals surface area contributed by atoms with Crippen LogP contribution in [-0.4, -0.2) is 59.5 Å². The number of carboxylic acids is 1. The van der Waals surface area contributed by atoms with E-state index in [2.05, 4.69) is 53.5 Å². The lowest BCUT2D eigenvalue weighted by Gasteiger charge is -2.68. The number of benzene rings is 1. The molecule has 6 rings (SSSR count). The minimum absolute atomic E-state index is 0.00629. The molecule has 5 aliphatic rings. The molecule has 9 atom stereocenters. The van der Waals surface area contributed by atoms with Gasteiger partial charge in [-0.25, -0.2) is 0 Å². The van der Waals surface area contributed by atoms with Crippen LogP contribution in [0.4, 0.5) is 0 Å². The standard InChI is InChI=1S/C46H66ClNO7/c1-27(2)39-34(50)23-46(37(54-28(3)49)26-48(10)25-29-11-13-30(47)14-12-29)22-21-44(8)31-17-18-35-43(6,7)36(55-38(51)24-42(4,5)41(52)53)19-20-45(35,9)32(31)15-16-33(44)40(39)46/h11-14,27,31-33,35-37H,15-26H2,1-10H3,(H,52,53)/t31-,32?,33-,35?,36+,37-,44+,45-,46?/m1/s1. The quantitative estimate of drug-likeness (QED) is 0.221. The summed E-state index contributed by atoms with van der Waals surface area (Å²) in [6, 6.07) is 7.86. The smallest absolute Gasteiger partial charge is 0.309 e. The van der Waals surface area contributed by atoms with E-state index < -0.39 is 28.9 Å². The zero-order valence-electron chi connectivity index (χ0n) is 35.1. The minimum atomic E-state index is -1.17. The molecule has 5 aliphatic carbocycles. The Kier molecular flexibility index (Phi) is 11.4. The Hall–Kier alpha value is -2.71. The number of ketones is 1. The van der Waals surface area contributed by atoms with E-state index >= 15 is 0 Å². The predicted octanol–water partition coefficient (Wildman–Crippen LogP) is 9.71. The number of ether oxygens (including phenoxy) is 2. The largest absolute Gasteiger partial charge is 0.481 e. The van der Waals surface area contributed by atoms with Crippen molar-refractivity contribution in [3.63, 3.8) is 0 Å². The third-order valence-electron chi connectivity index (χ3n) is 15.8. The zero-order valence-corrected chi connectivity index (χ0v) is 35.8. The van der Waals surface area contributed by atoms with Crippen LogP contribution in [0.1, 0.15) is 132 Å². The Morgan fingerprint density at radius 2 is 1.58 bits per heavy atom. The molecule has 1 N–H and O–H groups in total. The highest BCUT2D eigenvalue weighted by atomic mass is 35.5. The molecular weight excluding hydrogens is 714 g/mol. The lowest BCUT2D eigenvalue weighted by atomic mass is 9.37. The van der Waals surface area contributed by atoms with Crippen molar-refractivity contribution < 1.29 is 33.8 Å². The zero-order chi connectivity index (χ0) is 40.5. The van der Waals surface area contributed by atoms with Gasteiger partial charge in [0.15, 0.2) is 5.78 Å². The number of esters is 2. The van der Waals surface area contributed by atoms with E-state index in [0.717, 1.165) is 62.5 Å². The Bertz CT molecular complexity index is 1710. The third-order valence-corrected chi connectivity index (χ3v) is 16.1. The molecule has 0 radical (unpaired) electrons. The van der Waals surface area contributed by atoms with Gasteiger partial charge in [-0.2, -0.15) is 0 Å². The van der Waals surface area contributed by atoms with Gasteiger partial charge in [0.1, 0.15) is 12.2 Å². The van der Waals surface area contributed by atoms with Crippen molar-refractivity contribution in [1.82, 2.24) is 4.90 Å². The Balaban J connectivity index is 1.28. The number of carbonyl (C=O) groups is 4. The molecule has 0 spiro atoms. The molecule has 0 bridgehead atoms. The van der Waals surface area contributed by atoms with Crippen molar-refractivity contribution in [1.29, 1.82) is 0 Å². The van der Waals surface area contributed by atoms with Crippen molar-refractivity contribution in [2.75, 3.05) is 13.6 Å². The number of nitrogens with zero attached hydrogens (tertiary/aromatic N) is 1. The summed E-state index contributed by atoms with van der Waals surface area (Å²) >= 11 is 6.18. The van der Waals surface area contributed by atoms with Crippen LogP contribution in [0, 0.1) is 56.7 Å². The van der Waals surface area contributed by atoms with Gasteiger partial charge in [-0.3, -0.25) is 24.1 Å². The third kappa shape index (κ3) is 7.34. The highest BCUT2D eigenvalue weighted by Crippen LogP contribution is 2.73. The summed E-state index contributed by atoms with van der Waals surface area (Å²) < 4.78 is 12.5. The maximum absolute atomic E-state index is 14.3. The summed E-state index contributed by atoms with van der Waals surface area (Å²) in [5, 5.41) is 10.3. The molecule has 55 heavy (non-hydrogen) atoms. The number of hydrogen-bond acceptors (Lipinski definition) is 7. The number of fused-ring (bicyclic) bond motifs is 7. The van der Waals surface area contributed by atoms with E-state index in [-0.39, 0.29) is 52.4 Å². The molecule has 1 aromatic rings. The van der Waals surface area contributed by atoms with Crippen molar-refractivity contribution in [3.05, 3.63) is 46.0 Å². The highest BCUT2D eigenvalue weighted by Gasteiger charge is 2.67. The van der Waals surface area contributed by atoms with Crippen LogP contribution in [0.25, 0.3) is 0 Å².